The maximum atomic E-state index is 9.89. The van der Waals surface area contributed by atoms with Gasteiger partial charge in [0, 0.05) is 25.7 Å². The summed E-state index contributed by atoms with van der Waals surface area (Å²) in [6.45, 7) is 13.5. The Balaban J connectivity index is 2.07. The third-order valence-corrected chi connectivity index (χ3v) is 3.47. The van der Waals surface area contributed by atoms with Gasteiger partial charge in [0.25, 0.3) is 0 Å². The molecule has 0 bridgehead atoms. The van der Waals surface area contributed by atoms with Crippen molar-refractivity contribution in [1.82, 2.24) is 4.90 Å². The van der Waals surface area contributed by atoms with Crippen molar-refractivity contribution in [2.75, 3.05) is 26.3 Å². The van der Waals surface area contributed by atoms with E-state index in [4.69, 9.17) is 9.47 Å². The molecule has 3 unspecified atom stereocenters. The van der Waals surface area contributed by atoms with Crippen LogP contribution >= 0.6 is 0 Å². The van der Waals surface area contributed by atoms with Gasteiger partial charge in [0.1, 0.15) is 0 Å². The summed E-state index contributed by atoms with van der Waals surface area (Å²) < 4.78 is 11.4. The molecule has 0 spiro atoms. The first-order valence-electron chi connectivity index (χ1n) is 7.48. The molecule has 0 saturated carbocycles. The molecule has 1 aliphatic heterocycles. The second-order valence-corrected chi connectivity index (χ2v) is 6.55. The van der Waals surface area contributed by atoms with Crippen LogP contribution in [0.3, 0.4) is 0 Å². The third-order valence-electron chi connectivity index (χ3n) is 3.47. The summed E-state index contributed by atoms with van der Waals surface area (Å²) in [6, 6.07) is 0.635. The molecule has 19 heavy (non-hydrogen) atoms. The Kier molecular flexibility index (Phi) is 6.74. The molecule has 4 heteroatoms. The lowest BCUT2D eigenvalue weighted by atomic mass is 10.0. The summed E-state index contributed by atoms with van der Waals surface area (Å²) in [7, 11) is 0. The van der Waals surface area contributed by atoms with E-state index in [1.807, 2.05) is 13.8 Å². The average molecular weight is 273 g/mol. The molecule has 1 saturated heterocycles. The van der Waals surface area contributed by atoms with Crippen molar-refractivity contribution in [2.45, 2.75) is 71.3 Å². The molecule has 1 heterocycles. The molecular formula is C15H31NO3. The summed E-state index contributed by atoms with van der Waals surface area (Å²) in [5.41, 5.74) is -0.189. The van der Waals surface area contributed by atoms with Crippen molar-refractivity contribution in [3.05, 3.63) is 0 Å². The van der Waals surface area contributed by atoms with Gasteiger partial charge in [-0.15, -0.1) is 0 Å². The highest BCUT2D eigenvalue weighted by molar-refractivity contribution is 4.86. The zero-order chi connectivity index (χ0) is 14.5. The van der Waals surface area contributed by atoms with Crippen molar-refractivity contribution >= 4 is 0 Å². The van der Waals surface area contributed by atoms with Crippen molar-refractivity contribution in [1.29, 1.82) is 0 Å². The van der Waals surface area contributed by atoms with E-state index in [0.717, 1.165) is 32.5 Å². The number of hydrogen-bond donors (Lipinski definition) is 1. The van der Waals surface area contributed by atoms with Gasteiger partial charge in [0.05, 0.1) is 24.4 Å². The van der Waals surface area contributed by atoms with Gasteiger partial charge in [-0.25, -0.2) is 0 Å². The predicted octanol–water partition coefficient (Wildman–Crippen LogP) is 2.05. The minimum Gasteiger partial charge on any atom is -0.389 e. The zero-order valence-corrected chi connectivity index (χ0v) is 13.2. The normalized spacial score (nSPS) is 24.8. The van der Waals surface area contributed by atoms with Gasteiger partial charge in [0.15, 0.2) is 0 Å². The molecule has 1 aliphatic rings. The van der Waals surface area contributed by atoms with E-state index in [0.29, 0.717) is 18.8 Å². The van der Waals surface area contributed by atoms with Crippen molar-refractivity contribution in [3.8, 4) is 0 Å². The van der Waals surface area contributed by atoms with Crippen molar-refractivity contribution in [2.24, 2.45) is 0 Å². The summed E-state index contributed by atoms with van der Waals surface area (Å²) >= 11 is 0. The molecule has 0 aliphatic carbocycles. The summed E-state index contributed by atoms with van der Waals surface area (Å²) in [5.74, 6) is 0. The van der Waals surface area contributed by atoms with E-state index in [2.05, 4.69) is 25.7 Å². The highest BCUT2D eigenvalue weighted by Gasteiger charge is 2.31. The average Bonchev–Trinajstić information content (AvgIpc) is 2.98. The van der Waals surface area contributed by atoms with Gasteiger partial charge < -0.3 is 14.6 Å². The molecule has 1 N–H and O–H groups in total. The number of rotatable bonds is 10. The van der Waals surface area contributed by atoms with Crippen molar-refractivity contribution in [3.63, 3.8) is 0 Å². The fourth-order valence-corrected chi connectivity index (χ4v) is 2.08. The van der Waals surface area contributed by atoms with Crippen LogP contribution in [0.15, 0.2) is 0 Å². The molecule has 114 valence electrons. The molecule has 0 amide bonds. The second kappa shape index (κ2) is 7.58. The van der Waals surface area contributed by atoms with E-state index in [1.165, 1.54) is 0 Å². The summed E-state index contributed by atoms with van der Waals surface area (Å²) in [5, 5.41) is 9.89. The van der Waals surface area contributed by atoms with Crippen LogP contribution in [0.5, 0.6) is 0 Å². The maximum Gasteiger partial charge on any atom is 0.0900 e. The summed E-state index contributed by atoms with van der Waals surface area (Å²) in [6.07, 6.45) is 1.85. The summed E-state index contributed by atoms with van der Waals surface area (Å²) in [4.78, 5) is 2.25. The number of aliphatic hydroxyl groups excluding tert-OH is 1. The van der Waals surface area contributed by atoms with Gasteiger partial charge in [-0.2, -0.15) is 0 Å². The van der Waals surface area contributed by atoms with E-state index < -0.39 is 0 Å². The van der Waals surface area contributed by atoms with E-state index >= 15 is 0 Å². The smallest absolute Gasteiger partial charge is 0.0900 e. The van der Waals surface area contributed by atoms with Crippen LogP contribution in [0.25, 0.3) is 0 Å². The van der Waals surface area contributed by atoms with Gasteiger partial charge >= 0.3 is 0 Å². The largest absolute Gasteiger partial charge is 0.389 e. The van der Waals surface area contributed by atoms with Gasteiger partial charge in [-0.05, 0) is 47.5 Å². The van der Waals surface area contributed by atoms with E-state index in [1.54, 1.807) is 0 Å². The maximum absolute atomic E-state index is 9.89. The zero-order valence-electron chi connectivity index (χ0n) is 13.2. The topological polar surface area (TPSA) is 41.7 Å². The lowest BCUT2D eigenvalue weighted by molar-refractivity contribution is -0.0696. The second-order valence-electron chi connectivity index (χ2n) is 6.55. The Morgan fingerprint density at radius 1 is 1.37 bits per heavy atom. The highest BCUT2D eigenvalue weighted by atomic mass is 16.5. The van der Waals surface area contributed by atoms with E-state index in [9.17, 15) is 5.11 Å². The molecule has 3 atom stereocenters. The lowest BCUT2D eigenvalue weighted by Gasteiger charge is -2.27. The van der Waals surface area contributed by atoms with Crippen LogP contribution in [0, 0.1) is 0 Å². The standard InChI is InChI=1S/C15H31NO3/c1-12(2)18-8-6-7-15(4,5)19-11-14(17)10-16-9-13(16)3/h12-14,17H,6-11H2,1-5H3. The van der Waals surface area contributed by atoms with Crippen LogP contribution in [0.2, 0.25) is 0 Å². The molecule has 0 aromatic heterocycles. The van der Waals surface area contributed by atoms with Crippen LogP contribution in [0.4, 0.5) is 0 Å². The molecule has 0 aromatic carbocycles. The number of ether oxygens (including phenoxy) is 2. The van der Waals surface area contributed by atoms with Crippen LogP contribution < -0.4 is 0 Å². The highest BCUT2D eigenvalue weighted by Crippen LogP contribution is 2.19. The Morgan fingerprint density at radius 3 is 2.53 bits per heavy atom. The van der Waals surface area contributed by atoms with Gasteiger partial charge in [-0.3, -0.25) is 4.90 Å². The number of hydrogen-bond acceptors (Lipinski definition) is 4. The van der Waals surface area contributed by atoms with Crippen LogP contribution in [0.1, 0.15) is 47.5 Å². The first-order chi connectivity index (χ1) is 8.80. The van der Waals surface area contributed by atoms with Gasteiger partial charge in [-0.1, -0.05) is 0 Å². The Hall–Kier alpha value is -0.160. The minimum atomic E-state index is -0.379. The van der Waals surface area contributed by atoms with Crippen LogP contribution in [-0.2, 0) is 9.47 Å². The first kappa shape index (κ1) is 16.9. The fourth-order valence-electron chi connectivity index (χ4n) is 2.08. The van der Waals surface area contributed by atoms with Crippen LogP contribution in [-0.4, -0.2) is 60.2 Å². The predicted molar refractivity (Wildman–Crippen MR) is 77.4 cm³/mol. The number of nitrogens with zero attached hydrogens (tertiary/aromatic N) is 1. The molecule has 4 nitrogen and oxygen atoms in total. The number of β-amino-alcohol motifs (C(OH)–C–C–N with tert-alkyl or cyclic N) is 1. The lowest BCUT2D eigenvalue weighted by Crippen LogP contribution is -2.33. The Morgan fingerprint density at radius 2 is 2.00 bits per heavy atom. The van der Waals surface area contributed by atoms with E-state index in [-0.39, 0.29) is 11.7 Å². The SMILES string of the molecule is CC(C)OCCCC(C)(C)OCC(O)CN1CC1C. The third kappa shape index (κ3) is 7.88. The molecule has 0 radical (unpaired) electrons. The Labute approximate surface area is 118 Å². The first-order valence-corrected chi connectivity index (χ1v) is 7.48. The Bertz CT molecular complexity index is 256. The number of aliphatic hydroxyl groups is 1. The fraction of sp³-hybridized carbons (Fsp3) is 1.00. The molecule has 1 fully saturated rings. The monoisotopic (exact) mass is 273 g/mol. The molecule has 0 aromatic rings. The van der Waals surface area contributed by atoms with Gasteiger partial charge in [0.2, 0.25) is 0 Å². The quantitative estimate of drug-likeness (QED) is 0.488. The molecular weight excluding hydrogens is 242 g/mol. The minimum absolute atomic E-state index is 0.189. The van der Waals surface area contributed by atoms with Crippen molar-refractivity contribution < 1.29 is 14.6 Å². The molecule has 1 rings (SSSR count).